The van der Waals surface area contributed by atoms with Crippen molar-refractivity contribution in [1.29, 1.82) is 0 Å². The van der Waals surface area contributed by atoms with Gasteiger partial charge in [0.2, 0.25) is 5.91 Å². The van der Waals surface area contributed by atoms with Gasteiger partial charge in [-0.05, 0) is 42.8 Å². The number of carbonyl (C=O) groups excluding carboxylic acids is 2. The number of fused-ring (bicyclic) bond motifs is 1. The molecule has 2 aromatic rings. The Morgan fingerprint density at radius 2 is 2.00 bits per heavy atom. The van der Waals surface area contributed by atoms with Crippen molar-refractivity contribution in [2.75, 3.05) is 18.1 Å². The van der Waals surface area contributed by atoms with Crippen molar-refractivity contribution in [1.82, 2.24) is 0 Å². The predicted octanol–water partition coefficient (Wildman–Crippen LogP) is 3.76. The van der Waals surface area contributed by atoms with Crippen LogP contribution in [0.15, 0.2) is 42.5 Å². The number of carbonyl (C=O) groups is 2. The fraction of sp³-hybridized carbons (Fsp3) is 0.263. The molecule has 0 radical (unpaired) electrons. The van der Waals surface area contributed by atoms with Gasteiger partial charge in [-0.2, -0.15) is 0 Å². The van der Waals surface area contributed by atoms with Gasteiger partial charge in [-0.25, -0.2) is 0 Å². The second kappa shape index (κ2) is 7.57. The molecular formula is C19H18ClNO4. The summed E-state index contributed by atoms with van der Waals surface area (Å²) in [6.45, 7) is 2.72. The van der Waals surface area contributed by atoms with Crippen molar-refractivity contribution >= 4 is 29.2 Å². The Morgan fingerprint density at radius 3 is 2.80 bits per heavy atom. The number of hydrogen-bond donors (Lipinski definition) is 0. The molecule has 2 aromatic carbocycles. The van der Waals surface area contributed by atoms with Gasteiger partial charge in [0.05, 0.1) is 18.7 Å². The second-order valence-corrected chi connectivity index (χ2v) is 6.18. The number of aryl methyl sites for hydroxylation is 1. The summed E-state index contributed by atoms with van der Waals surface area (Å²) in [7, 11) is 0. The first-order valence-electron chi connectivity index (χ1n) is 8.03. The Balaban J connectivity index is 1.58. The molecule has 0 aliphatic carbocycles. The lowest BCUT2D eigenvalue weighted by molar-refractivity contribution is -0.136. The van der Waals surface area contributed by atoms with Crippen molar-refractivity contribution in [2.45, 2.75) is 19.8 Å². The van der Waals surface area contributed by atoms with Crippen LogP contribution >= 0.6 is 11.6 Å². The first kappa shape index (κ1) is 17.3. The number of anilines is 1. The molecule has 6 heteroatoms. The predicted molar refractivity (Wildman–Crippen MR) is 95.3 cm³/mol. The number of rotatable bonds is 4. The molecule has 1 aliphatic heterocycles. The van der Waals surface area contributed by atoms with Gasteiger partial charge >= 0.3 is 5.97 Å². The Hall–Kier alpha value is -2.53. The highest BCUT2D eigenvalue weighted by Crippen LogP contribution is 2.31. The SMILES string of the molecule is Cc1cc(Cl)ccc1OC(=O)CCC(=O)N1CCOc2ccccc21. The van der Waals surface area contributed by atoms with E-state index >= 15 is 0 Å². The molecule has 130 valence electrons. The molecule has 0 atom stereocenters. The summed E-state index contributed by atoms with van der Waals surface area (Å²) in [6.07, 6.45) is 0.0974. The molecule has 0 aromatic heterocycles. The van der Waals surface area contributed by atoms with Gasteiger partial charge < -0.3 is 14.4 Å². The Kier molecular flexibility index (Phi) is 5.24. The fourth-order valence-electron chi connectivity index (χ4n) is 2.67. The number of esters is 1. The molecule has 0 saturated heterocycles. The summed E-state index contributed by atoms with van der Waals surface area (Å²) in [4.78, 5) is 26.2. The summed E-state index contributed by atoms with van der Waals surface area (Å²) < 4.78 is 10.8. The number of benzene rings is 2. The molecule has 0 spiro atoms. The van der Waals surface area contributed by atoms with Crippen LogP contribution in [0.5, 0.6) is 11.5 Å². The van der Waals surface area contributed by atoms with Crippen LogP contribution < -0.4 is 14.4 Å². The maximum absolute atomic E-state index is 12.5. The fourth-order valence-corrected chi connectivity index (χ4v) is 2.90. The van der Waals surface area contributed by atoms with Crippen molar-refractivity contribution < 1.29 is 19.1 Å². The molecule has 1 amide bonds. The summed E-state index contributed by atoms with van der Waals surface area (Å²) in [5.41, 5.74) is 1.51. The number of amides is 1. The van der Waals surface area contributed by atoms with Gasteiger partial charge in [-0.15, -0.1) is 0 Å². The molecule has 0 fully saturated rings. The van der Waals surface area contributed by atoms with Gasteiger partial charge in [0, 0.05) is 11.4 Å². The van der Waals surface area contributed by atoms with Crippen LogP contribution in [0.4, 0.5) is 5.69 Å². The number of para-hydroxylation sites is 2. The van der Waals surface area contributed by atoms with E-state index in [1.54, 1.807) is 23.1 Å². The molecular weight excluding hydrogens is 342 g/mol. The summed E-state index contributed by atoms with van der Waals surface area (Å²) >= 11 is 5.88. The highest BCUT2D eigenvalue weighted by atomic mass is 35.5. The standard InChI is InChI=1S/C19H18ClNO4/c1-13-12-14(20)6-7-16(13)25-19(23)9-8-18(22)21-10-11-24-17-5-3-2-4-15(17)21/h2-7,12H,8-11H2,1H3. The minimum Gasteiger partial charge on any atom is -0.490 e. The molecule has 0 saturated carbocycles. The van der Waals surface area contributed by atoms with E-state index in [1.807, 2.05) is 31.2 Å². The topological polar surface area (TPSA) is 55.8 Å². The lowest BCUT2D eigenvalue weighted by Gasteiger charge is -2.29. The number of hydrogen-bond acceptors (Lipinski definition) is 4. The average molecular weight is 360 g/mol. The zero-order valence-electron chi connectivity index (χ0n) is 13.8. The van der Waals surface area contributed by atoms with E-state index in [0.717, 1.165) is 11.3 Å². The van der Waals surface area contributed by atoms with Crippen molar-refractivity contribution in [3.05, 3.63) is 53.1 Å². The van der Waals surface area contributed by atoms with Crippen LogP contribution in [-0.2, 0) is 9.59 Å². The highest BCUT2D eigenvalue weighted by molar-refractivity contribution is 6.30. The quantitative estimate of drug-likeness (QED) is 0.616. The van der Waals surface area contributed by atoms with E-state index in [4.69, 9.17) is 21.1 Å². The van der Waals surface area contributed by atoms with Crippen LogP contribution in [-0.4, -0.2) is 25.0 Å². The summed E-state index contributed by atoms with van der Waals surface area (Å²) in [5.74, 6) is 0.570. The van der Waals surface area contributed by atoms with E-state index in [0.29, 0.717) is 29.7 Å². The van der Waals surface area contributed by atoms with Crippen molar-refractivity contribution in [3.63, 3.8) is 0 Å². The van der Waals surface area contributed by atoms with Crippen LogP contribution in [0.25, 0.3) is 0 Å². The molecule has 5 nitrogen and oxygen atoms in total. The number of ether oxygens (including phenoxy) is 2. The molecule has 0 bridgehead atoms. The first-order chi connectivity index (χ1) is 12.0. The lowest BCUT2D eigenvalue weighted by atomic mass is 10.2. The third-order valence-corrected chi connectivity index (χ3v) is 4.17. The van der Waals surface area contributed by atoms with Crippen molar-refractivity contribution in [3.8, 4) is 11.5 Å². The molecule has 3 rings (SSSR count). The monoisotopic (exact) mass is 359 g/mol. The largest absolute Gasteiger partial charge is 0.490 e. The molecule has 0 unspecified atom stereocenters. The molecule has 1 aliphatic rings. The van der Waals surface area contributed by atoms with Gasteiger partial charge in [0.25, 0.3) is 0 Å². The molecule has 25 heavy (non-hydrogen) atoms. The third-order valence-electron chi connectivity index (χ3n) is 3.93. The summed E-state index contributed by atoms with van der Waals surface area (Å²) in [5, 5.41) is 0.582. The zero-order valence-corrected chi connectivity index (χ0v) is 14.6. The van der Waals surface area contributed by atoms with Crippen molar-refractivity contribution in [2.24, 2.45) is 0 Å². The number of halogens is 1. The van der Waals surface area contributed by atoms with E-state index < -0.39 is 5.97 Å². The van der Waals surface area contributed by atoms with E-state index in [1.165, 1.54) is 0 Å². The normalized spacial score (nSPS) is 13.0. The number of nitrogens with zero attached hydrogens (tertiary/aromatic N) is 1. The summed E-state index contributed by atoms with van der Waals surface area (Å²) in [6, 6.07) is 12.4. The molecule has 1 heterocycles. The van der Waals surface area contributed by atoms with Gasteiger partial charge in [0.1, 0.15) is 18.1 Å². The smallest absolute Gasteiger partial charge is 0.311 e. The zero-order chi connectivity index (χ0) is 17.8. The Bertz CT molecular complexity index is 806. The van der Waals surface area contributed by atoms with Crippen LogP contribution in [0.2, 0.25) is 5.02 Å². The Morgan fingerprint density at radius 1 is 1.20 bits per heavy atom. The Labute approximate surface area is 151 Å². The van der Waals surface area contributed by atoms with Gasteiger partial charge in [-0.3, -0.25) is 9.59 Å². The van der Waals surface area contributed by atoms with E-state index in [2.05, 4.69) is 0 Å². The second-order valence-electron chi connectivity index (χ2n) is 5.75. The van der Waals surface area contributed by atoms with Gasteiger partial charge in [0.15, 0.2) is 0 Å². The first-order valence-corrected chi connectivity index (χ1v) is 8.41. The maximum Gasteiger partial charge on any atom is 0.311 e. The third kappa shape index (κ3) is 4.12. The molecule has 0 N–H and O–H groups in total. The van der Waals surface area contributed by atoms with E-state index in [9.17, 15) is 9.59 Å². The minimum absolute atomic E-state index is 0.0143. The maximum atomic E-state index is 12.5. The minimum atomic E-state index is -0.444. The van der Waals surface area contributed by atoms with E-state index in [-0.39, 0.29) is 18.7 Å². The van der Waals surface area contributed by atoms with Crippen LogP contribution in [0, 0.1) is 6.92 Å². The average Bonchev–Trinajstić information content (AvgIpc) is 2.61. The highest BCUT2D eigenvalue weighted by Gasteiger charge is 2.23. The van der Waals surface area contributed by atoms with Crippen LogP contribution in [0.3, 0.4) is 0 Å². The lowest BCUT2D eigenvalue weighted by Crippen LogP contribution is -2.38. The van der Waals surface area contributed by atoms with Gasteiger partial charge in [-0.1, -0.05) is 23.7 Å². The van der Waals surface area contributed by atoms with Crippen LogP contribution in [0.1, 0.15) is 18.4 Å².